The first-order valence-electron chi connectivity index (χ1n) is 0. The molecule has 0 radical (unpaired) electrons. The van der Waals surface area contributed by atoms with Crippen molar-refractivity contribution in [3.8, 4) is 0 Å². The van der Waals surface area contributed by atoms with Crippen molar-refractivity contribution >= 4 is 24.8 Å². The van der Waals surface area contributed by atoms with Crippen molar-refractivity contribution in [1.29, 1.82) is 0 Å². The zero-order chi connectivity index (χ0) is 0. The Morgan fingerprint density at radius 3 is 1.00 bits per heavy atom. The maximum Gasteiger partial charge on any atom is 1.00 e. The average Bonchev–Trinajstić information content (AvgIpc) is 0. The minimum absolute atomic E-state index is 0. The van der Waals surface area contributed by atoms with E-state index in [1.165, 1.54) is 0 Å². The van der Waals surface area contributed by atoms with Crippen LogP contribution >= 0.6 is 24.8 Å². The maximum atomic E-state index is 0. The first-order valence-corrected chi connectivity index (χ1v) is 0. The summed E-state index contributed by atoms with van der Waals surface area (Å²) in [5.74, 6) is 0. The third-order valence-electron chi connectivity index (χ3n) is 0. The Balaban J connectivity index is 0. The average molecular weight is 97.9 g/mol. The molecule has 0 saturated carbocycles. The quantitative estimate of drug-likeness (QED) is 0.353. The van der Waals surface area contributed by atoms with E-state index in [0.29, 0.717) is 0 Å². The molecule has 0 aliphatic heterocycles. The minimum atomic E-state index is 0. The van der Waals surface area contributed by atoms with E-state index in [2.05, 4.69) is 0 Å². The molecule has 4 heteroatoms. The molecule has 0 atom stereocenters. The van der Waals surface area contributed by atoms with E-state index < -0.39 is 0 Å². The summed E-state index contributed by atoms with van der Waals surface area (Å²) in [6.45, 7) is 0. The molecular weight excluding hydrogens is 91.9 g/mol. The van der Waals surface area contributed by atoms with Gasteiger partial charge in [0, 0.05) is 0 Å². The molecule has 0 saturated heterocycles. The van der Waals surface area contributed by atoms with Gasteiger partial charge in [0.2, 0.25) is 0 Å². The molecule has 0 rings (SSSR count). The predicted molar refractivity (Wildman–Crippen MR) is 20.6 cm³/mol. The van der Waals surface area contributed by atoms with Crippen molar-refractivity contribution in [2.75, 3.05) is 0 Å². The number of halogens is 2. The second-order valence-corrected chi connectivity index (χ2v) is 0. The van der Waals surface area contributed by atoms with Gasteiger partial charge in [-0.15, -0.1) is 24.8 Å². The maximum absolute atomic E-state index is 0. The topological polar surface area (TPSA) is 35.0 Å². The van der Waals surface area contributed by atoms with Crippen LogP contribution in [0.5, 0.6) is 0 Å². The normalized spacial score (nSPS) is 0. The Bertz CT molecular complexity index is 9.61. The summed E-state index contributed by atoms with van der Waals surface area (Å²) in [6.07, 6.45) is 0. The van der Waals surface area contributed by atoms with Gasteiger partial charge in [0.05, 0.1) is 0 Å². The van der Waals surface area contributed by atoms with Gasteiger partial charge in [-0.1, -0.05) is 0 Å². The fourth-order valence-electron chi connectivity index (χ4n) is 0. The van der Waals surface area contributed by atoms with Gasteiger partial charge < -0.3 is 7.58 Å². The summed E-state index contributed by atoms with van der Waals surface area (Å²) in [7, 11) is 0. The minimum Gasteiger partial charge on any atom is -1.00 e. The van der Waals surface area contributed by atoms with Crippen molar-refractivity contribution in [2.45, 2.75) is 0 Å². The van der Waals surface area contributed by atoms with Crippen LogP contribution in [-0.2, 0) is 0 Å². The van der Waals surface area contributed by atoms with Gasteiger partial charge in [0.25, 0.3) is 0 Å². The fraction of sp³-hybridized carbons (Fsp3) is 0. The molecule has 26 valence electrons. The summed E-state index contributed by atoms with van der Waals surface area (Å²) in [5.41, 5.74) is 0. The van der Waals surface area contributed by atoms with E-state index in [0.717, 1.165) is 0 Å². The first kappa shape index (κ1) is 68.0. The Labute approximate surface area is 51.6 Å². The summed E-state index contributed by atoms with van der Waals surface area (Å²) in [5, 5.41) is 0. The van der Waals surface area contributed by atoms with E-state index >= 15 is 0 Å². The van der Waals surface area contributed by atoms with Gasteiger partial charge in [-0.2, -0.15) is 0 Å². The van der Waals surface area contributed by atoms with Gasteiger partial charge in [-0.05, 0) is 0 Å². The summed E-state index contributed by atoms with van der Waals surface area (Å²) in [4.78, 5) is 0. The predicted octanol–water partition coefficient (Wildman–Crippen LogP) is -1.88. The van der Waals surface area contributed by atoms with Crippen LogP contribution in [0.3, 0.4) is 0 Å². The van der Waals surface area contributed by atoms with Crippen LogP contribution < -0.4 is 25.0 Å². The Kier molecular flexibility index (Phi) is 535. The first-order chi connectivity index (χ1) is 0. The van der Waals surface area contributed by atoms with Crippen molar-refractivity contribution in [3.63, 3.8) is 0 Å². The molecule has 0 bridgehead atoms. The molecule has 0 aliphatic carbocycles. The fourth-order valence-corrected chi connectivity index (χ4v) is 0. The van der Waals surface area contributed by atoms with E-state index in [1.54, 1.807) is 0 Å². The molecule has 1 nitrogen and oxygen atoms in total. The zero-order valence-corrected chi connectivity index (χ0v) is 4.16. The van der Waals surface area contributed by atoms with Gasteiger partial charge >= 0.3 is 18.9 Å². The third kappa shape index (κ3) is 11.1. The SMILES string of the molecule is Cl.Cl.N.[H-].[Li+]. The molecule has 0 aromatic carbocycles. The van der Waals surface area contributed by atoms with Crippen LogP contribution in [0.25, 0.3) is 0 Å². The van der Waals surface area contributed by atoms with Gasteiger partial charge in [0.15, 0.2) is 0 Å². The van der Waals surface area contributed by atoms with Crippen molar-refractivity contribution in [2.24, 2.45) is 0 Å². The van der Waals surface area contributed by atoms with Crippen LogP contribution in [0.1, 0.15) is 1.43 Å². The summed E-state index contributed by atoms with van der Waals surface area (Å²) in [6, 6.07) is 0. The number of hydrogen-bond donors (Lipinski definition) is 1. The molecule has 0 aliphatic rings. The Hall–Kier alpha value is 1.14. The molecule has 0 aromatic heterocycles. The van der Waals surface area contributed by atoms with E-state index in [-0.39, 0.29) is 51.3 Å². The van der Waals surface area contributed by atoms with Crippen LogP contribution in [0.15, 0.2) is 0 Å². The van der Waals surface area contributed by atoms with E-state index in [1.807, 2.05) is 0 Å². The molecule has 0 unspecified atom stereocenters. The molecule has 0 fully saturated rings. The molecule has 0 spiro atoms. The van der Waals surface area contributed by atoms with Crippen LogP contribution in [-0.4, -0.2) is 0 Å². The Morgan fingerprint density at radius 2 is 1.00 bits per heavy atom. The molecule has 4 heavy (non-hydrogen) atoms. The van der Waals surface area contributed by atoms with Crippen molar-refractivity contribution < 1.29 is 20.3 Å². The van der Waals surface area contributed by atoms with E-state index in [4.69, 9.17) is 0 Å². The number of rotatable bonds is 0. The van der Waals surface area contributed by atoms with Crippen molar-refractivity contribution in [1.82, 2.24) is 6.15 Å². The molecule has 0 aromatic rings. The third-order valence-corrected chi connectivity index (χ3v) is 0. The van der Waals surface area contributed by atoms with Gasteiger partial charge in [0.1, 0.15) is 0 Å². The van der Waals surface area contributed by atoms with E-state index in [9.17, 15) is 0 Å². The largest absolute Gasteiger partial charge is 1.00 e. The zero-order valence-electron chi connectivity index (χ0n) is 3.52. The smallest absolute Gasteiger partial charge is 1.00 e. The molecule has 0 heterocycles. The monoisotopic (exact) mass is 97.0 g/mol. The van der Waals surface area contributed by atoms with Crippen LogP contribution in [0.2, 0.25) is 0 Å². The second kappa shape index (κ2) is 31.5. The van der Waals surface area contributed by atoms with Gasteiger partial charge in [-0.3, -0.25) is 0 Å². The molecular formula is H6Cl2LiN. The number of hydrogen-bond acceptors (Lipinski definition) is 1. The second-order valence-electron chi connectivity index (χ2n) is 0. The van der Waals surface area contributed by atoms with Crippen LogP contribution in [0.4, 0.5) is 0 Å². The Morgan fingerprint density at radius 1 is 1.00 bits per heavy atom. The molecule has 0 amide bonds. The van der Waals surface area contributed by atoms with Gasteiger partial charge in [-0.25, -0.2) is 0 Å². The molecule has 3 N–H and O–H groups in total. The van der Waals surface area contributed by atoms with Crippen molar-refractivity contribution in [3.05, 3.63) is 0 Å². The summed E-state index contributed by atoms with van der Waals surface area (Å²) >= 11 is 0. The standard InChI is InChI=1S/2ClH.Li.H3N.H/h2*1H;;1H3;/q;;+1;;-1. The summed E-state index contributed by atoms with van der Waals surface area (Å²) < 4.78 is 0. The van der Waals surface area contributed by atoms with Crippen LogP contribution in [0, 0.1) is 0 Å².